The van der Waals surface area contributed by atoms with Crippen LogP contribution >= 0.6 is 0 Å². The second-order valence-electron chi connectivity index (χ2n) is 5.12. The smallest absolute Gasteiger partial charge is 0.220 e. The average Bonchev–Trinajstić information content (AvgIpc) is 2.76. The minimum absolute atomic E-state index is 0.0965. The Morgan fingerprint density at radius 2 is 2.11 bits per heavy atom. The van der Waals surface area contributed by atoms with Crippen LogP contribution in [0.25, 0.3) is 0 Å². The Labute approximate surface area is 107 Å². The van der Waals surface area contributed by atoms with Gasteiger partial charge in [0, 0.05) is 6.42 Å². The Morgan fingerprint density at radius 1 is 1.39 bits per heavy atom. The molecule has 1 unspecified atom stereocenters. The zero-order valence-corrected chi connectivity index (χ0v) is 10.9. The first-order valence-corrected chi connectivity index (χ1v) is 6.78. The summed E-state index contributed by atoms with van der Waals surface area (Å²) in [7, 11) is 0. The number of hydrogen-bond acceptors (Lipinski definition) is 4. The predicted octanol–water partition coefficient (Wildman–Crippen LogP) is 1.74. The number of amides is 1. The normalized spacial score (nSPS) is 19.2. The number of nitrogens with one attached hydrogen (secondary N) is 2. The van der Waals surface area contributed by atoms with E-state index in [1.807, 2.05) is 6.92 Å². The fraction of sp³-hybridized carbons (Fsp3) is 0.833. The summed E-state index contributed by atoms with van der Waals surface area (Å²) in [6.07, 6.45) is 8.15. The van der Waals surface area contributed by atoms with Crippen LogP contribution in [-0.2, 0) is 4.79 Å². The molecule has 1 amide bonds. The third-order valence-corrected chi connectivity index (χ3v) is 3.58. The van der Waals surface area contributed by atoms with Gasteiger partial charge in [0.25, 0.3) is 0 Å². The summed E-state index contributed by atoms with van der Waals surface area (Å²) in [5.74, 6) is 1.17. The van der Waals surface area contributed by atoms with E-state index in [1.54, 1.807) is 0 Å². The van der Waals surface area contributed by atoms with Crippen LogP contribution in [0.4, 0.5) is 0 Å². The van der Waals surface area contributed by atoms with E-state index in [-0.39, 0.29) is 11.9 Å². The summed E-state index contributed by atoms with van der Waals surface area (Å²) in [6.45, 7) is 1.87. The van der Waals surface area contributed by atoms with Crippen molar-refractivity contribution in [3.05, 3.63) is 5.82 Å². The summed E-state index contributed by atoms with van der Waals surface area (Å²) in [4.78, 5) is 11.9. The standard InChI is InChI=1S/C12H21N5O/c1-9(12-14-16-17-15-12)13-11(18)8-10-6-4-2-3-5-7-10/h9-10H,2-8H2,1H3,(H,13,18)(H,14,15,16,17). The molecule has 0 radical (unpaired) electrons. The van der Waals surface area contributed by atoms with Gasteiger partial charge in [-0.05, 0) is 25.7 Å². The van der Waals surface area contributed by atoms with E-state index in [4.69, 9.17) is 0 Å². The van der Waals surface area contributed by atoms with Crippen LogP contribution in [0.1, 0.15) is 63.7 Å². The van der Waals surface area contributed by atoms with Crippen LogP contribution in [0.2, 0.25) is 0 Å². The topological polar surface area (TPSA) is 83.6 Å². The fourth-order valence-corrected chi connectivity index (χ4v) is 2.55. The lowest BCUT2D eigenvalue weighted by Gasteiger charge is -2.15. The van der Waals surface area contributed by atoms with Crippen LogP contribution in [0.15, 0.2) is 0 Å². The number of aromatic amines is 1. The summed E-state index contributed by atoms with van der Waals surface area (Å²) >= 11 is 0. The monoisotopic (exact) mass is 251 g/mol. The molecule has 18 heavy (non-hydrogen) atoms. The maximum Gasteiger partial charge on any atom is 0.220 e. The van der Waals surface area contributed by atoms with E-state index in [2.05, 4.69) is 25.9 Å². The van der Waals surface area contributed by atoms with Gasteiger partial charge in [0.05, 0.1) is 6.04 Å². The van der Waals surface area contributed by atoms with Crippen LogP contribution in [-0.4, -0.2) is 26.5 Å². The lowest BCUT2D eigenvalue weighted by atomic mass is 9.96. The number of nitrogens with zero attached hydrogens (tertiary/aromatic N) is 3. The van der Waals surface area contributed by atoms with Gasteiger partial charge in [0.15, 0.2) is 5.82 Å². The van der Waals surface area contributed by atoms with Gasteiger partial charge in [-0.15, -0.1) is 10.2 Å². The first-order chi connectivity index (χ1) is 8.75. The number of carbonyl (C=O) groups excluding carboxylic acids is 1. The van der Waals surface area contributed by atoms with Gasteiger partial charge in [0.1, 0.15) is 0 Å². The van der Waals surface area contributed by atoms with Crippen LogP contribution in [0.3, 0.4) is 0 Å². The first-order valence-electron chi connectivity index (χ1n) is 6.78. The van der Waals surface area contributed by atoms with Gasteiger partial charge < -0.3 is 5.32 Å². The molecule has 1 saturated carbocycles. The largest absolute Gasteiger partial charge is 0.346 e. The van der Waals surface area contributed by atoms with Crippen molar-refractivity contribution in [2.24, 2.45) is 5.92 Å². The van der Waals surface area contributed by atoms with Crippen molar-refractivity contribution in [1.29, 1.82) is 0 Å². The Balaban J connectivity index is 1.77. The molecular formula is C12H21N5O. The molecule has 1 aromatic rings. The highest BCUT2D eigenvalue weighted by atomic mass is 16.1. The van der Waals surface area contributed by atoms with Crippen molar-refractivity contribution >= 4 is 5.91 Å². The molecule has 1 atom stereocenters. The fourth-order valence-electron chi connectivity index (χ4n) is 2.55. The molecular weight excluding hydrogens is 230 g/mol. The molecule has 2 rings (SSSR count). The Bertz CT molecular complexity index is 357. The van der Waals surface area contributed by atoms with Crippen molar-refractivity contribution < 1.29 is 4.79 Å². The van der Waals surface area contributed by atoms with Crippen molar-refractivity contribution in [1.82, 2.24) is 25.9 Å². The molecule has 0 bridgehead atoms. The second-order valence-corrected chi connectivity index (χ2v) is 5.12. The lowest BCUT2D eigenvalue weighted by molar-refractivity contribution is -0.122. The molecule has 0 aliphatic heterocycles. The Morgan fingerprint density at radius 3 is 2.72 bits per heavy atom. The summed E-state index contributed by atoms with van der Waals surface area (Å²) < 4.78 is 0. The van der Waals surface area contributed by atoms with Crippen LogP contribution < -0.4 is 5.32 Å². The van der Waals surface area contributed by atoms with Crippen molar-refractivity contribution in [2.45, 2.75) is 57.9 Å². The van der Waals surface area contributed by atoms with Gasteiger partial charge >= 0.3 is 0 Å². The molecule has 0 aromatic carbocycles. The number of H-pyrrole nitrogens is 1. The van der Waals surface area contributed by atoms with Gasteiger partial charge in [-0.25, -0.2) is 0 Å². The van der Waals surface area contributed by atoms with Gasteiger partial charge in [-0.3, -0.25) is 4.79 Å². The summed E-state index contributed by atoms with van der Waals surface area (Å²) in [6, 6.07) is -0.179. The first kappa shape index (κ1) is 13.0. The van der Waals surface area contributed by atoms with Crippen LogP contribution in [0, 0.1) is 5.92 Å². The summed E-state index contributed by atoms with van der Waals surface area (Å²) in [5, 5.41) is 16.5. The number of hydrogen-bond donors (Lipinski definition) is 2. The molecule has 1 aliphatic carbocycles. The van der Waals surface area contributed by atoms with E-state index < -0.39 is 0 Å². The Hall–Kier alpha value is -1.46. The molecule has 6 heteroatoms. The van der Waals surface area contributed by atoms with E-state index in [9.17, 15) is 4.79 Å². The maximum atomic E-state index is 11.9. The van der Waals surface area contributed by atoms with E-state index in [0.717, 1.165) is 0 Å². The molecule has 1 aliphatic rings. The quantitative estimate of drug-likeness (QED) is 0.798. The van der Waals surface area contributed by atoms with Crippen molar-refractivity contribution in [3.8, 4) is 0 Å². The highest BCUT2D eigenvalue weighted by molar-refractivity contribution is 5.76. The van der Waals surface area contributed by atoms with Gasteiger partial charge in [-0.2, -0.15) is 5.21 Å². The molecule has 2 N–H and O–H groups in total. The third kappa shape index (κ3) is 3.78. The molecule has 1 fully saturated rings. The molecule has 1 heterocycles. The van der Waals surface area contributed by atoms with Crippen molar-refractivity contribution in [3.63, 3.8) is 0 Å². The molecule has 0 saturated heterocycles. The van der Waals surface area contributed by atoms with E-state index in [1.165, 1.54) is 38.5 Å². The molecule has 100 valence electrons. The third-order valence-electron chi connectivity index (χ3n) is 3.58. The lowest BCUT2D eigenvalue weighted by Crippen LogP contribution is -2.29. The zero-order chi connectivity index (χ0) is 12.8. The van der Waals surface area contributed by atoms with E-state index >= 15 is 0 Å². The number of aromatic nitrogens is 4. The Kier molecular flexibility index (Phi) is 4.66. The maximum absolute atomic E-state index is 11.9. The zero-order valence-electron chi connectivity index (χ0n) is 10.9. The minimum atomic E-state index is -0.179. The minimum Gasteiger partial charge on any atom is -0.346 e. The average molecular weight is 251 g/mol. The number of carbonyl (C=O) groups is 1. The molecule has 1 aromatic heterocycles. The second kappa shape index (κ2) is 6.47. The highest BCUT2D eigenvalue weighted by Crippen LogP contribution is 2.25. The highest BCUT2D eigenvalue weighted by Gasteiger charge is 2.18. The molecule has 0 spiro atoms. The van der Waals surface area contributed by atoms with Crippen molar-refractivity contribution in [2.75, 3.05) is 0 Å². The SMILES string of the molecule is CC(NC(=O)CC1CCCCCC1)c1nn[nH]n1. The number of rotatable bonds is 4. The predicted molar refractivity (Wildman–Crippen MR) is 66.5 cm³/mol. The van der Waals surface area contributed by atoms with Crippen LogP contribution in [0.5, 0.6) is 0 Å². The number of tetrazole rings is 1. The summed E-state index contributed by atoms with van der Waals surface area (Å²) in [5.41, 5.74) is 0. The molecule has 6 nitrogen and oxygen atoms in total. The van der Waals surface area contributed by atoms with E-state index in [0.29, 0.717) is 18.2 Å². The van der Waals surface area contributed by atoms with Gasteiger partial charge in [-0.1, -0.05) is 30.9 Å². The van der Waals surface area contributed by atoms with Gasteiger partial charge in [0.2, 0.25) is 5.91 Å².